The minimum atomic E-state index is -1.13. The van der Waals surface area contributed by atoms with Crippen LogP contribution in [0.25, 0.3) is 11.3 Å². The van der Waals surface area contributed by atoms with E-state index in [9.17, 15) is 9.90 Å². The number of thiazole rings is 1. The summed E-state index contributed by atoms with van der Waals surface area (Å²) in [5.74, 6) is 0.612. The first-order chi connectivity index (χ1) is 17.1. The van der Waals surface area contributed by atoms with Gasteiger partial charge in [0.2, 0.25) is 0 Å². The largest absolute Gasteiger partial charge is 1.00 e. The van der Waals surface area contributed by atoms with Crippen LogP contribution in [0.4, 0.5) is 5.13 Å². The molecule has 0 aliphatic heterocycles. The summed E-state index contributed by atoms with van der Waals surface area (Å²) in [6, 6.07) is 15.8. The van der Waals surface area contributed by atoms with Gasteiger partial charge in [0.25, 0.3) is 0 Å². The summed E-state index contributed by atoms with van der Waals surface area (Å²) in [6.07, 6.45) is 9.69. The Morgan fingerprint density at radius 1 is 1.03 bits per heavy atom. The predicted octanol–water partition coefficient (Wildman–Crippen LogP) is 3.08. The molecule has 5 nitrogen and oxygen atoms in total. The van der Waals surface area contributed by atoms with Crippen LogP contribution in [-0.4, -0.2) is 23.1 Å². The Morgan fingerprint density at radius 3 is 2.42 bits per heavy atom. The van der Waals surface area contributed by atoms with Crippen molar-refractivity contribution in [1.29, 1.82) is 0 Å². The molecule has 2 aromatic carbocycles. The molecular formula is C29H33N2NaO3S. The number of carboxylic acids is 1. The predicted molar refractivity (Wildman–Crippen MR) is 139 cm³/mol. The number of hydrogen-bond acceptors (Lipinski definition) is 6. The van der Waals surface area contributed by atoms with Crippen LogP contribution in [0.5, 0.6) is 5.75 Å². The van der Waals surface area contributed by atoms with Crippen molar-refractivity contribution in [3.63, 3.8) is 0 Å². The number of carbonyl (C=O) groups excluding carboxylic acids is 1. The van der Waals surface area contributed by atoms with Crippen LogP contribution in [0, 0.1) is 5.92 Å². The summed E-state index contributed by atoms with van der Waals surface area (Å²) in [5.41, 5.74) is 3.04. The van der Waals surface area contributed by atoms with Crippen LogP contribution in [0.2, 0.25) is 0 Å². The number of nitrogens with zero attached hydrogens (tertiary/aromatic N) is 2. The van der Waals surface area contributed by atoms with Crippen LogP contribution in [0.1, 0.15) is 74.2 Å². The van der Waals surface area contributed by atoms with Crippen molar-refractivity contribution >= 4 is 22.4 Å². The molecule has 0 unspecified atom stereocenters. The molecular weight excluding hydrogens is 479 g/mol. The van der Waals surface area contributed by atoms with Gasteiger partial charge in [0.1, 0.15) is 5.75 Å². The molecule has 2 aliphatic carbocycles. The molecule has 36 heavy (non-hydrogen) atoms. The summed E-state index contributed by atoms with van der Waals surface area (Å²) in [5, 5.41) is 14.7. The van der Waals surface area contributed by atoms with E-state index < -0.39 is 5.97 Å². The molecule has 0 saturated heterocycles. The quantitative estimate of drug-likeness (QED) is 0.434. The Balaban J connectivity index is 0.00000304. The van der Waals surface area contributed by atoms with Gasteiger partial charge in [-0.25, -0.2) is 4.98 Å². The Labute approximate surface area is 240 Å². The van der Waals surface area contributed by atoms with Gasteiger partial charge < -0.3 is 19.5 Å². The number of hydrogen-bond donors (Lipinski definition) is 0. The third kappa shape index (κ3) is 6.52. The summed E-state index contributed by atoms with van der Waals surface area (Å²) in [6.45, 7) is 2.84. The monoisotopic (exact) mass is 512 g/mol. The van der Waals surface area contributed by atoms with Gasteiger partial charge in [0.05, 0.1) is 17.8 Å². The number of carbonyl (C=O) groups is 1. The van der Waals surface area contributed by atoms with Crippen LogP contribution in [0.3, 0.4) is 0 Å². The second kappa shape index (κ2) is 12.6. The first-order valence-electron chi connectivity index (χ1n) is 12.9. The van der Waals surface area contributed by atoms with Crippen LogP contribution in [-0.2, 0) is 6.54 Å². The fourth-order valence-electron chi connectivity index (χ4n) is 5.38. The molecule has 184 valence electrons. The average molecular weight is 513 g/mol. The maximum Gasteiger partial charge on any atom is 1.00 e. The number of aromatic nitrogens is 1. The number of benzene rings is 2. The first-order valence-corrected chi connectivity index (χ1v) is 13.7. The first kappa shape index (κ1) is 27.2. The zero-order valence-corrected chi connectivity index (χ0v) is 24.1. The van der Waals surface area contributed by atoms with Crippen molar-refractivity contribution in [3.05, 3.63) is 65.0 Å². The molecule has 2 fully saturated rings. The standard InChI is InChI=1S/C29H34N2O3S.Na/c1-20-10-14-24(15-11-20)34-25-16-12-21(13-17-25)27-19-35-29(30-27)31(23-7-3-4-8-23)18-22-6-2-5-9-26(22)28(32)33;/h2,5-6,9,12-13,16-17,19-20,23-24H,3-4,7-8,10-11,14-15,18H2,1H3,(H,32,33);/q;+1/p-1/t20-,24+;. The Bertz CT molecular complexity index is 1140. The van der Waals surface area contributed by atoms with Gasteiger partial charge in [0.15, 0.2) is 5.13 Å². The van der Waals surface area contributed by atoms with E-state index in [1.165, 1.54) is 25.7 Å². The maximum absolute atomic E-state index is 11.7. The van der Waals surface area contributed by atoms with Crippen molar-refractivity contribution in [2.45, 2.75) is 77.0 Å². The zero-order valence-electron chi connectivity index (χ0n) is 21.3. The molecule has 0 atom stereocenters. The maximum atomic E-state index is 11.7. The van der Waals surface area contributed by atoms with E-state index in [4.69, 9.17) is 9.72 Å². The third-order valence-electron chi connectivity index (χ3n) is 7.50. The summed E-state index contributed by atoms with van der Waals surface area (Å²) in [7, 11) is 0. The second-order valence-corrected chi connectivity index (χ2v) is 10.9. The summed E-state index contributed by atoms with van der Waals surface area (Å²) >= 11 is 1.63. The molecule has 0 N–H and O–H groups in total. The van der Waals surface area contributed by atoms with Crippen LogP contribution in [0.15, 0.2) is 53.9 Å². The number of ether oxygens (including phenoxy) is 1. The van der Waals surface area contributed by atoms with Gasteiger partial charge in [-0.15, -0.1) is 11.3 Å². The Hall–Kier alpha value is -1.86. The van der Waals surface area contributed by atoms with E-state index in [1.807, 2.05) is 12.1 Å². The minimum absolute atomic E-state index is 0. The molecule has 0 radical (unpaired) electrons. The molecule has 1 heterocycles. The van der Waals surface area contributed by atoms with E-state index in [0.717, 1.165) is 59.3 Å². The van der Waals surface area contributed by atoms with Gasteiger partial charge in [-0.05, 0) is 74.3 Å². The van der Waals surface area contributed by atoms with E-state index in [2.05, 4.69) is 41.5 Å². The molecule has 2 saturated carbocycles. The van der Waals surface area contributed by atoms with Gasteiger partial charge in [-0.1, -0.05) is 44.0 Å². The van der Waals surface area contributed by atoms with Gasteiger partial charge in [-0.2, -0.15) is 0 Å². The molecule has 2 aliphatic rings. The zero-order chi connectivity index (χ0) is 24.2. The van der Waals surface area contributed by atoms with E-state index in [-0.39, 0.29) is 35.1 Å². The SMILES string of the molecule is C[C@H]1CC[C@@H](Oc2ccc(-c3csc(N(Cc4ccccc4C(=O)[O-])C4CCCC4)n3)cc2)CC1.[Na+]. The fourth-order valence-corrected chi connectivity index (χ4v) is 6.29. The third-order valence-corrected chi connectivity index (χ3v) is 8.37. The average Bonchev–Trinajstić information content (AvgIpc) is 3.58. The minimum Gasteiger partial charge on any atom is -0.545 e. The normalized spacial score (nSPS) is 20.0. The van der Waals surface area contributed by atoms with Crippen molar-refractivity contribution < 1.29 is 44.2 Å². The second-order valence-electron chi connectivity index (χ2n) is 10.1. The summed E-state index contributed by atoms with van der Waals surface area (Å²) in [4.78, 5) is 19.0. The van der Waals surface area contributed by atoms with E-state index >= 15 is 0 Å². The fraction of sp³-hybridized carbons (Fsp3) is 0.448. The van der Waals surface area contributed by atoms with Crippen molar-refractivity contribution in [2.24, 2.45) is 5.92 Å². The number of carboxylic acid groups (broad SMARTS) is 1. The van der Waals surface area contributed by atoms with Crippen molar-refractivity contribution in [1.82, 2.24) is 4.98 Å². The number of anilines is 1. The van der Waals surface area contributed by atoms with Gasteiger partial charge >= 0.3 is 29.6 Å². The van der Waals surface area contributed by atoms with Crippen LogP contribution < -0.4 is 44.3 Å². The molecule has 7 heteroatoms. The molecule has 0 spiro atoms. The molecule has 0 bridgehead atoms. The molecule has 1 aromatic heterocycles. The molecule has 5 rings (SSSR count). The molecule has 3 aromatic rings. The summed E-state index contributed by atoms with van der Waals surface area (Å²) < 4.78 is 6.22. The van der Waals surface area contributed by atoms with Crippen molar-refractivity contribution in [2.75, 3.05) is 4.90 Å². The van der Waals surface area contributed by atoms with Gasteiger partial charge in [0, 0.05) is 29.1 Å². The Kier molecular flexibility index (Phi) is 9.51. The smallest absolute Gasteiger partial charge is 0.545 e. The van der Waals surface area contributed by atoms with E-state index in [0.29, 0.717) is 18.7 Å². The number of aromatic carboxylic acids is 1. The van der Waals surface area contributed by atoms with Crippen molar-refractivity contribution in [3.8, 4) is 17.0 Å². The van der Waals surface area contributed by atoms with E-state index in [1.54, 1.807) is 23.5 Å². The van der Waals surface area contributed by atoms with Crippen LogP contribution >= 0.6 is 11.3 Å². The van der Waals surface area contributed by atoms with Gasteiger partial charge in [-0.3, -0.25) is 0 Å². The molecule has 0 amide bonds. The number of rotatable bonds is 8. The Morgan fingerprint density at radius 2 is 1.72 bits per heavy atom. The topological polar surface area (TPSA) is 65.5 Å².